The predicted molar refractivity (Wildman–Crippen MR) is 85.0 cm³/mol. The molecular weight excluding hydrogens is 250 g/mol. The van der Waals surface area contributed by atoms with Crippen molar-refractivity contribution in [3.05, 3.63) is 17.6 Å². The normalized spacial score (nSPS) is 11.7. The van der Waals surface area contributed by atoms with Crippen molar-refractivity contribution in [2.75, 3.05) is 46.1 Å². The third-order valence-corrected chi connectivity index (χ3v) is 3.01. The fourth-order valence-corrected chi connectivity index (χ4v) is 2.12. The van der Waals surface area contributed by atoms with Crippen molar-refractivity contribution >= 4 is 5.82 Å². The largest absolute Gasteiger partial charge is 0.373 e. The van der Waals surface area contributed by atoms with Gasteiger partial charge in [-0.1, -0.05) is 13.8 Å². The van der Waals surface area contributed by atoms with Crippen LogP contribution in [-0.2, 0) is 6.54 Å². The maximum Gasteiger partial charge on any atom is 0.144 e. The minimum absolute atomic E-state index is 0.644. The number of aromatic nitrogens is 2. The minimum atomic E-state index is 0.644. The van der Waals surface area contributed by atoms with Crippen LogP contribution in [-0.4, -0.2) is 60.5 Å². The molecule has 0 unspecified atom stereocenters. The summed E-state index contributed by atoms with van der Waals surface area (Å²) in [6.45, 7) is 10.5. The van der Waals surface area contributed by atoms with E-state index in [0.29, 0.717) is 5.92 Å². The molecule has 0 amide bonds. The van der Waals surface area contributed by atoms with Crippen molar-refractivity contribution < 1.29 is 0 Å². The number of nitrogens with zero attached hydrogens (tertiary/aromatic N) is 4. The molecule has 0 aliphatic rings. The van der Waals surface area contributed by atoms with Crippen molar-refractivity contribution in [2.24, 2.45) is 5.92 Å². The first-order valence-electron chi connectivity index (χ1n) is 7.30. The Bertz CT molecular complexity index is 403. The summed E-state index contributed by atoms with van der Waals surface area (Å²) in [6.07, 6.45) is 0. The van der Waals surface area contributed by atoms with E-state index in [1.165, 1.54) is 0 Å². The van der Waals surface area contributed by atoms with Crippen LogP contribution in [0.15, 0.2) is 6.07 Å². The van der Waals surface area contributed by atoms with E-state index in [4.69, 9.17) is 0 Å². The Balaban J connectivity index is 2.74. The Morgan fingerprint density at radius 2 is 1.90 bits per heavy atom. The number of likely N-dealkylation sites (N-methyl/N-ethyl adjacent to an activating group) is 1. The molecule has 1 N–H and O–H groups in total. The van der Waals surface area contributed by atoms with Crippen LogP contribution in [0, 0.1) is 12.8 Å². The molecular formula is C15H29N5. The molecule has 1 aromatic heterocycles. The van der Waals surface area contributed by atoms with Gasteiger partial charge in [-0.2, -0.15) is 0 Å². The summed E-state index contributed by atoms with van der Waals surface area (Å²) < 4.78 is 0. The summed E-state index contributed by atoms with van der Waals surface area (Å²) in [5, 5.41) is 3.09. The molecule has 5 nitrogen and oxygen atoms in total. The number of nitrogens with one attached hydrogen (secondary N) is 1. The van der Waals surface area contributed by atoms with Gasteiger partial charge in [-0.3, -0.25) is 4.90 Å². The van der Waals surface area contributed by atoms with E-state index >= 15 is 0 Å². The Kier molecular flexibility index (Phi) is 6.88. The molecule has 1 rings (SSSR count). The van der Waals surface area contributed by atoms with Crippen molar-refractivity contribution in [3.8, 4) is 0 Å². The first kappa shape index (κ1) is 16.9. The number of hydrogen-bond donors (Lipinski definition) is 1. The zero-order valence-electron chi connectivity index (χ0n) is 13.8. The molecule has 1 aromatic rings. The lowest BCUT2D eigenvalue weighted by Crippen LogP contribution is -2.34. The number of rotatable bonds is 8. The van der Waals surface area contributed by atoms with Crippen LogP contribution in [0.4, 0.5) is 5.82 Å². The standard InChI is InChI=1S/C15H29N5/c1-12(2)10-20(8-7-19(5)6)11-15-17-13(3)9-14(16-4)18-15/h9,12H,7-8,10-11H2,1-6H3,(H,16,17,18). The molecule has 0 radical (unpaired) electrons. The molecule has 0 spiro atoms. The highest BCUT2D eigenvalue weighted by atomic mass is 15.2. The summed E-state index contributed by atoms with van der Waals surface area (Å²) >= 11 is 0. The lowest BCUT2D eigenvalue weighted by Gasteiger charge is -2.25. The molecule has 0 aliphatic carbocycles. The fourth-order valence-electron chi connectivity index (χ4n) is 2.12. The molecule has 0 bridgehead atoms. The quantitative estimate of drug-likeness (QED) is 0.787. The molecule has 0 saturated heterocycles. The second kappa shape index (κ2) is 8.17. The highest BCUT2D eigenvalue weighted by Crippen LogP contribution is 2.09. The van der Waals surface area contributed by atoms with Gasteiger partial charge < -0.3 is 10.2 Å². The second-order valence-electron chi connectivity index (χ2n) is 5.99. The van der Waals surface area contributed by atoms with Gasteiger partial charge in [-0.25, -0.2) is 9.97 Å². The average Bonchev–Trinajstić information content (AvgIpc) is 2.34. The van der Waals surface area contributed by atoms with Crippen molar-refractivity contribution in [1.82, 2.24) is 19.8 Å². The SMILES string of the molecule is CNc1cc(C)nc(CN(CCN(C)C)CC(C)C)n1. The van der Waals surface area contributed by atoms with Crippen LogP contribution in [0.5, 0.6) is 0 Å². The Morgan fingerprint density at radius 3 is 2.45 bits per heavy atom. The molecule has 5 heteroatoms. The lowest BCUT2D eigenvalue weighted by molar-refractivity contribution is 0.207. The summed E-state index contributed by atoms with van der Waals surface area (Å²) in [6, 6.07) is 1.97. The molecule has 114 valence electrons. The minimum Gasteiger partial charge on any atom is -0.373 e. The first-order valence-corrected chi connectivity index (χ1v) is 7.30. The Labute approximate surface area is 123 Å². The maximum absolute atomic E-state index is 4.55. The van der Waals surface area contributed by atoms with Crippen molar-refractivity contribution in [2.45, 2.75) is 27.3 Å². The van der Waals surface area contributed by atoms with E-state index in [1.807, 2.05) is 20.0 Å². The third-order valence-electron chi connectivity index (χ3n) is 3.01. The summed E-state index contributed by atoms with van der Waals surface area (Å²) in [4.78, 5) is 13.7. The summed E-state index contributed by atoms with van der Waals surface area (Å²) in [5.41, 5.74) is 1.01. The van der Waals surface area contributed by atoms with E-state index < -0.39 is 0 Å². The monoisotopic (exact) mass is 279 g/mol. The third kappa shape index (κ3) is 6.30. The molecule has 0 aliphatic heterocycles. The van der Waals surface area contributed by atoms with E-state index in [-0.39, 0.29) is 0 Å². The van der Waals surface area contributed by atoms with Crippen molar-refractivity contribution in [1.29, 1.82) is 0 Å². The molecule has 0 atom stereocenters. The van der Waals surface area contributed by atoms with Gasteiger partial charge in [0.15, 0.2) is 0 Å². The van der Waals surface area contributed by atoms with Gasteiger partial charge in [0.2, 0.25) is 0 Å². The van der Waals surface area contributed by atoms with Crippen LogP contribution in [0.3, 0.4) is 0 Å². The molecule has 1 heterocycles. The van der Waals surface area contributed by atoms with Crippen molar-refractivity contribution in [3.63, 3.8) is 0 Å². The number of hydrogen-bond acceptors (Lipinski definition) is 5. The first-order chi connectivity index (χ1) is 9.40. The smallest absolute Gasteiger partial charge is 0.144 e. The average molecular weight is 279 g/mol. The Hall–Kier alpha value is -1.20. The highest BCUT2D eigenvalue weighted by molar-refractivity contribution is 5.34. The number of anilines is 1. The summed E-state index contributed by atoms with van der Waals surface area (Å²) in [7, 11) is 6.11. The summed E-state index contributed by atoms with van der Waals surface area (Å²) in [5.74, 6) is 2.43. The van der Waals surface area contributed by atoms with Gasteiger partial charge in [0.25, 0.3) is 0 Å². The topological polar surface area (TPSA) is 44.3 Å². The zero-order valence-corrected chi connectivity index (χ0v) is 13.8. The molecule has 0 saturated carbocycles. The van der Waals surface area contributed by atoms with Crippen LogP contribution < -0.4 is 5.32 Å². The highest BCUT2D eigenvalue weighted by Gasteiger charge is 2.11. The van der Waals surface area contributed by atoms with Gasteiger partial charge in [0.05, 0.1) is 6.54 Å². The van der Waals surface area contributed by atoms with Crippen LogP contribution >= 0.6 is 0 Å². The number of aryl methyl sites for hydroxylation is 1. The van der Waals surface area contributed by atoms with E-state index in [1.54, 1.807) is 0 Å². The maximum atomic E-state index is 4.55. The molecule has 0 aromatic carbocycles. The lowest BCUT2D eigenvalue weighted by atomic mass is 10.2. The molecule has 20 heavy (non-hydrogen) atoms. The fraction of sp³-hybridized carbons (Fsp3) is 0.733. The zero-order chi connectivity index (χ0) is 15.1. The second-order valence-corrected chi connectivity index (χ2v) is 5.99. The van der Waals surface area contributed by atoms with E-state index in [2.05, 4.69) is 53.0 Å². The van der Waals surface area contributed by atoms with Gasteiger partial charge in [-0.15, -0.1) is 0 Å². The molecule has 0 fully saturated rings. The van der Waals surface area contributed by atoms with Gasteiger partial charge in [-0.05, 0) is 26.9 Å². The predicted octanol–water partition coefficient (Wildman–Crippen LogP) is 1.85. The van der Waals surface area contributed by atoms with Crippen LogP contribution in [0.2, 0.25) is 0 Å². The van der Waals surface area contributed by atoms with Crippen LogP contribution in [0.1, 0.15) is 25.4 Å². The van der Waals surface area contributed by atoms with Gasteiger partial charge in [0, 0.05) is 38.4 Å². The van der Waals surface area contributed by atoms with Crippen LogP contribution in [0.25, 0.3) is 0 Å². The van der Waals surface area contributed by atoms with E-state index in [9.17, 15) is 0 Å². The Morgan fingerprint density at radius 1 is 1.20 bits per heavy atom. The van der Waals surface area contributed by atoms with E-state index in [0.717, 1.165) is 43.5 Å². The van der Waals surface area contributed by atoms with Gasteiger partial charge >= 0.3 is 0 Å². The van der Waals surface area contributed by atoms with Gasteiger partial charge in [0.1, 0.15) is 11.6 Å².